The van der Waals surface area contributed by atoms with E-state index in [2.05, 4.69) is 42.2 Å². The number of nitrogens with zero attached hydrogens (tertiary/aromatic N) is 4. The Kier molecular flexibility index (Phi) is 12.2. The number of thioether (sulfide) groups is 1. The summed E-state index contributed by atoms with van der Waals surface area (Å²) in [5.41, 5.74) is 4.09. The number of halogens is 1. The Balaban J connectivity index is 0.878. The topological polar surface area (TPSA) is 158 Å². The average Bonchev–Trinajstić information content (AvgIpc) is 3.52. The van der Waals surface area contributed by atoms with Crippen LogP contribution in [0.25, 0.3) is 0 Å². The number of ether oxygens (including phenoxy) is 1. The van der Waals surface area contributed by atoms with Crippen LogP contribution in [-0.2, 0) is 20.7 Å². The highest BCUT2D eigenvalue weighted by Crippen LogP contribution is 2.39. The van der Waals surface area contributed by atoms with Crippen LogP contribution in [0.3, 0.4) is 0 Å². The van der Waals surface area contributed by atoms with E-state index in [0.717, 1.165) is 60.8 Å². The van der Waals surface area contributed by atoms with Crippen molar-refractivity contribution in [3.05, 3.63) is 83.0 Å². The van der Waals surface area contributed by atoms with Crippen LogP contribution in [0, 0.1) is 0 Å². The summed E-state index contributed by atoms with van der Waals surface area (Å²) in [6.07, 6.45) is 5.14. The van der Waals surface area contributed by atoms with Crippen molar-refractivity contribution in [3.8, 4) is 5.75 Å². The van der Waals surface area contributed by atoms with Crippen molar-refractivity contribution in [2.45, 2.75) is 55.6 Å². The third-order valence-corrected chi connectivity index (χ3v) is 13.3. The van der Waals surface area contributed by atoms with E-state index in [1.807, 2.05) is 54.6 Å². The van der Waals surface area contributed by atoms with Gasteiger partial charge in [0.1, 0.15) is 24.0 Å². The minimum absolute atomic E-state index is 0.142. The lowest BCUT2D eigenvalue weighted by Crippen LogP contribution is -2.52. The number of aromatic nitrogens is 2. The highest BCUT2D eigenvalue weighted by Gasteiger charge is 2.39. The SMILES string of the molecule is COc1cc(N2CCC(NCCCSc3cccc4c3CN(C3CCC(=O)NC3=O)C4=O)CC2)ccc1Nc1ncc(Cl)c(Nc2ccccc2P(C)(C)=O)n1. The fourth-order valence-corrected chi connectivity index (χ4v) is 9.71. The Morgan fingerprint density at radius 1 is 1.00 bits per heavy atom. The van der Waals surface area contributed by atoms with Gasteiger partial charge in [0.2, 0.25) is 17.8 Å². The molecule has 3 aliphatic rings. The third-order valence-electron chi connectivity index (χ3n) is 10.3. The molecular formula is C40H46ClN8O5PS. The predicted octanol–water partition coefficient (Wildman–Crippen LogP) is 6.38. The number of piperidine rings is 2. The normalized spacial score (nSPS) is 17.5. The summed E-state index contributed by atoms with van der Waals surface area (Å²) in [5.74, 6) is 1.48. The zero-order valence-corrected chi connectivity index (χ0v) is 34.1. The Labute approximate surface area is 336 Å². The highest BCUT2D eigenvalue weighted by atomic mass is 35.5. The summed E-state index contributed by atoms with van der Waals surface area (Å²) in [6.45, 7) is 6.57. The molecule has 2 saturated heterocycles. The summed E-state index contributed by atoms with van der Waals surface area (Å²) in [4.78, 5) is 51.3. The Hall–Kier alpha value is -4.62. The van der Waals surface area contributed by atoms with Crippen LogP contribution in [0.2, 0.25) is 5.02 Å². The summed E-state index contributed by atoms with van der Waals surface area (Å²) in [7, 11) is -0.908. The molecule has 294 valence electrons. The molecule has 3 aromatic carbocycles. The van der Waals surface area contributed by atoms with E-state index in [4.69, 9.17) is 16.3 Å². The van der Waals surface area contributed by atoms with Crippen molar-refractivity contribution in [1.29, 1.82) is 0 Å². The molecule has 2 fully saturated rings. The first-order valence-electron chi connectivity index (χ1n) is 18.8. The lowest BCUT2D eigenvalue weighted by atomic mass is 10.0. The number of carbonyl (C=O) groups excluding carboxylic acids is 3. The van der Waals surface area contributed by atoms with E-state index >= 15 is 0 Å². The molecule has 56 heavy (non-hydrogen) atoms. The van der Waals surface area contributed by atoms with Crippen molar-refractivity contribution in [3.63, 3.8) is 0 Å². The molecule has 0 spiro atoms. The molecule has 13 nitrogen and oxygen atoms in total. The van der Waals surface area contributed by atoms with Gasteiger partial charge in [-0.3, -0.25) is 19.7 Å². The van der Waals surface area contributed by atoms with Crippen LogP contribution >= 0.6 is 30.5 Å². The molecule has 1 unspecified atom stereocenters. The van der Waals surface area contributed by atoms with Crippen LogP contribution in [0.1, 0.15) is 48.0 Å². The second kappa shape index (κ2) is 17.3. The number of nitrogens with one attached hydrogen (secondary N) is 4. The molecule has 0 saturated carbocycles. The van der Waals surface area contributed by atoms with Crippen molar-refractivity contribution in [1.82, 2.24) is 25.5 Å². The summed E-state index contributed by atoms with van der Waals surface area (Å²) < 4.78 is 18.7. The maximum absolute atomic E-state index is 13.2. The molecule has 3 aliphatic heterocycles. The highest BCUT2D eigenvalue weighted by molar-refractivity contribution is 7.99. The zero-order valence-electron chi connectivity index (χ0n) is 31.6. The number of hydrogen-bond donors (Lipinski definition) is 4. The van der Waals surface area contributed by atoms with Gasteiger partial charge in [-0.1, -0.05) is 29.8 Å². The fraction of sp³-hybridized carbons (Fsp3) is 0.375. The molecule has 0 aliphatic carbocycles. The maximum atomic E-state index is 13.2. The number of fused-ring (bicyclic) bond motifs is 1. The zero-order chi connectivity index (χ0) is 39.4. The van der Waals surface area contributed by atoms with E-state index < -0.39 is 13.2 Å². The number of benzene rings is 3. The predicted molar refractivity (Wildman–Crippen MR) is 223 cm³/mol. The van der Waals surface area contributed by atoms with Crippen LogP contribution in [0.5, 0.6) is 5.75 Å². The number of imide groups is 1. The number of methoxy groups -OCH3 is 1. The van der Waals surface area contributed by atoms with Gasteiger partial charge in [-0.05, 0) is 93.3 Å². The number of anilines is 5. The smallest absolute Gasteiger partial charge is 0.255 e. The van der Waals surface area contributed by atoms with Gasteiger partial charge in [0, 0.05) is 59.6 Å². The van der Waals surface area contributed by atoms with Gasteiger partial charge < -0.3 is 35.1 Å². The second-order valence-electron chi connectivity index (χ2n) is 14.5. The molecule has 1 atom stereocenters. The summed E-state index contributed by atoms with van der Waals surface area (Å²) in [5, 5.41) is 13.7. The van der Waals surface area contributed by atoms with Gasteiger partial charge in [0.15, 0.2) is 5.82 Å². The monoisotopic (exact) mass is 816 g/mol. The molecule has 7 rings (SSSR count). The Bertz CT molecular complexity index is 2180. The molecule has 0 bridgehead atoms. The van der Waals surface area contributed by atoms with Gasteiger partial charge >= 0.3 is 0 Å². The quantitative estimate of drug-likeness (QED) is 0.0483. The van der Waals surface area contributed by atoms with E-state index in [1.165, 1.54) is 6.20 Å². The number of rotatable bonds is 14. The number of para-hydroxylation sites is 1. The minimum atomic E-state index is -2.55. The fourth-order valence-electron chi connectivity index (χ4n) is 7.39. The summed E-state index contributed by atoms with van der Waals surface area (Å²) in [6, 6.07) is 19.1. The molecule has 4 heterocycles. The molecule has 4 aromatic rings. The second-order valence-corrected chi connectivity index (χ2v) is 19.2. The number of amides is 3. The summed E-state index contributed by atoms with van der Waals surface area (Å²) >= 11 is 8.21. The van der Waals surface area contributed by atoms with Crippen LogP contribution in [-0.4, -0.2) is 90.5 Å². The lowest BCUT2D eigenvalue weighted by molar-refractivity contribution is -0.136. The van der Waals surface area contributed by atoms with E-state index in [0.29, 0.717) is 63.8 Å². The molecule has 16 heteroatoms. The van der Waals surface area contributed by atoms with Crippen LogP contribution in [0.4, 0.5) is 28.8 Å². The minimum Gasteiger partial charge on any atom is -0.494 e. The molecule has 3 amide bonds. The standard InChI is InChI=1S/C40H46ClN8O5PS/c1-54-33-22-26(12-13-30(33)45-40-43-23-29(41)37(47-40)44-31-9-4-5-10-34(31)55(2,3)53)48-19-16-25(17-20-48)42-18-7-21-56-35-11-6-8-27-28(35)24-49(39(27)52)32-14-15-36(50)46-38(32)51/h4-6,8-13,22-23,25,32,42H,7,14-21,24H2,1-3H3,(H,46,50,51)(H2,43,44,45,47). The van der Waals surface area contributed by atoms with Crippen molar-refractivity contribution < 1.29 is 23.7 Å². The van der Waals surface area contributed by atoms with E-state index in [9.17, 15) is 18.9 Å². The van der Waals surface area contributed by atoms with Gasteiger partial charge in [0.05, 0.1) is 24.7 Å². The van der Waals surface area contributed by atoms with Crippen LogP contribution < -0.4 is 36.2 Å². The van der Waals surface area contributed by atoms with Gasteiger partial charge in [-0.2, -0.15) is 4.98 Å². The Morgan fingerprint density at radius 3 is 2.57 bits per heavy atom. The van der Waals surface area contributed by atoms with Gasteiger partial charge in [0.25, 0.3) is 5.91 Å². The largest absolute Gasteiger partial charge is 0.494 e. The average molecular weight is 817 g/mol. The third kappa shape index (κ3) is 8.99. The lowest BCUT2D eigenvalue weighted by Gasteiger charge is -2.34. The van der Waals surface area contributed by atoms with Crippen molar-refractivity contribution in [2.24, 2.45) is 0 Å². The van der Waals surface area contributed by atoms with Crippen LogP contribution in [0.15, 0.2) is 71.8 Å². The Morgan fingerprint density at radius 2 is 1.80 bits per heavy atom. The molecular weight excluding hydrogens is 771 g/mol. The molecule has 1 aromatic heterocycles. The number of carbonyl (C=O) groups is 3. The molecule has 0 radical (unpaired) electrons. The first-order valence-corrected chi connectivity index (χ1v) is 22.7. The first kappa shape index (κ1) is 39.6. The first-order chi connectivity index (χ1) is 27.0. The van der Waals surface area contributed by atoms with E-state index in [-0.39, 0.29) is 24.1 Å². The van der Waals surface area contributed by atoms with Gasteiger partial charge in [-0.25, -0.2) is 4.98 Å². The number of hydrogen-bond acceptors (Lipinski definition) is 12. The van der Waals surface area contributed by atoms with E-state index in [1.54, 1.807) is 37.1 Å². The van der Waals surface area contributed by atoms with Gasteiger partial charge in [-0.15, -0.1) is 11.8 Å². The van der Waals surface area contributed by atoms with Crippen molar-refractivity contribution in [2.75, 3.05) is 61.4 Å². The van der Waals surface area contributed by atoms with Crippen molar-refractivity contribution >= 4 is 82.4 Å². The molecule has 4 N–H and O–H groups in total. The maximum Gasteiger partial charge on any atom is 0.255 e.